The van der Waals surface area contributed by atoms with Crippen molar-refractivity contribution in [3.63, 3.8) is 0 Å². The Labute approximate surface area is 183 Å². The van der Waals surface area contributed by atoms with Crippen molar-refractivity contribution in [1.29, 1.82) is 0 Å². The van der Waals surface area contributed by atoms with Gasteiger partial charge in [0.25, 0.3) is 0 Å². The van der Waals surface area contributed by atoms with E-state index in [0.29, 0.717) is 0 Å². The molecule has 0 unspecified atom stereocenters. The largest absolute Gasteiger partial charge is 0.372 e. The zero-order valence-electron chi connectivity index (χ0n) is 18.2. The van der Waals surface area contributed by atoms with Crippen molar-refractivity contribution in [1.82, 2.24) is 9.55 Å². The second-order valence-corrected chi connectivity index (χ2v) is 8.47. The van der Waals surface area contributed by atoms with Gasteiger partial charge in [0.05, 0.1) is 12.2 Å². The fourth-order valence-corrected chi connectivity index (χ4v) is 4.46. The molecule has 0 aliphatic carbocycles. The Hall–Kier alpha value is -3.31. The summed E-state index contributed by atoms with van der Waals surface area (Å²) in [6, 6.07) is 21.4. The fourth-order valence-electron chi connectivity index (χ4n) is 4.46. The molecule has 1 aliphatic rings. The maximum Gasteiger partial charge on any atom is 0.130 e. The van der Waals surface area contributed by atoms with Crippen molar-refractivity contribution < 1.29 is 4.74 Å². The van der Waals surface area contributed by atoms with Gasteiger partial charge in [0.15, 0.2) is 0 Å². The van der Waals surface area contributed by atoms with Crippen LogP contribution in [0, 0.1) is 0 Å². The van der Waals surface area contributed by atoms with Crippen molar-refractivity contribution in [2.24, 2.45) is 7.05 Å². The lowest BCUT2D eigenvalue weighted by Crippen LogP contribution is -2.45. The molecule has 2 aromatic heterocycles. The van der Waals surface area contributed by atoms with Crippen molar-refractivity contribution >= 4 is 28.1 Å². The van der Waals surface area contributed by atoms with Crippen molar-refractivity contribution in [3.05, 3.63) is 73.1 Å². The third kappa shape index (κ3) is 4.14. The molecule has 0 radical (unpaired) electrons. The van der Waals surface area contributed by atoms with Crippen LogP contribution in [-0.2, 0) is 11.8 Å². The SMILES string of the molecule is C[C@@H]1CN(c2cccc(Nc3cc(-c4ccc5c(ccn5C)c4)ccn3)c2)C[C@H](C)O1. The smallest absolute Gasteiger partial charge is 0.130 e. The van der Waals surface area contributed by atoms with E-state index < -0.39 is 0 Å². The highest BCUT2D eigenvalue weighted by molar-refractivity contribution is 5.86. The average Bonchev–Trinajstić information content (AvgIpc) is 3.14. The topological polar surface area (TPSA) is 42.3 Å². The van der Waals surface area contributed by atoms with Gasteiger partial charge in [-0.2, -0.15) is 0 Å². The number of hydrogen-bond acceptors (Lipinski definition) is 4. The molecule has 0 saturated carbocycles. The zero-order chi connectivity index (χ0) is 21.4. The van der Waals surface area contributed by atoms with Gasteiger partial charge < -0.3 is 19.5 Å². The van der Waals surface area contributed by atoms with Gasteiger partial charge in [-0.3, -0.25) is 0 Å². The van der Waals surface area contributed by atoms with Crippen LogP contribution in [0.2, 0.25) is 0 Å². The van der Waals surface area contributed by atoms with E-state index in [4.69, 9.17) is 4.74 Å². The second kappa shape index (κ2) is 8.08. The van der Waals surface area contributed by atoms with Crippen LogP contribution in [0.1, 0.15) is 13.8 Å². The lowest BCUT2D eigenvalue weighted by atomic mass is 10.1. The monoisotopic (exact) mass is 412 g/mol. The molecule has 1 saturated heterocycles. The van der Waals surface area contributed by atoms with Crippen molar-refractivity contribution in [2.75, 3.05) is 23.3 Å². The molecule has 31 heavy (non-hydrogen) atoms. The third-order valence-corrected chi connectivity index (χ3v) is 5.88. The van der Waals surface area contributed by atoms with Crippen LogP contribution < -0.4 is 10.2 Å². The Morgan fingerprint density at radius 2 is 1.74 bits per heavy atom. The summed E-state index contributed by atoms with van der Waals surface area (Å²) >= 11 is 0. The average molecular weight is 413 g/mol. The molecule has 3 heterocycles. The Balaban J connectivity index is 1.38. The summed E-state index contributed by atoms with van der Waals surface area (Å²) in [4.78, 5) is 6.94. The minimum atomic E-state index is 0.237. The van der Waals surface area contributed by atoms with Gasteiger partial charge in [-0.15, -0.1) is 0 Å². The molecule has 4 aromatic rings. The predicted molar refractivity (Wildman–Crippen MR) is 128 cm³/mol. The van der Waals surface area contributed by atoms with Crippen LogP contribution >= 0.6 is 0 Å². The number of nitrogens with one attached hydrogen (secondary N) is 1. The number of aryl methyl sites for hydroxylation is 1. The molecule has 1 N–H and O–H groups in total. The van der Waals surface area contributed by atoms with Gasteiger partial charge in [0.1, 0.15) is 5.82 Å². The van der Waals surface area contributed by atoms with E-state index in [1.807, 2.05) is 6.20 Å². The molecule has 2 atom stereocenters. The Morgan fingerprint density at radius 3 is 2.58 bits per heavy atom. The van der Waals surface area contributed by atoms with Gasteiger partial charge >= 0.3 is 0 Å². The Kier molecular flexibility index (Phi) is 5.12. The Morgan fingerprint density at radius 1 is 0.935 bits per heavy atom. The van der Waals surface area contributed by atoms with E-state index in [2.05, 4.69) is 108 Å². The van der Waals surface area contributed by atoms with Crippen LogP contribution in [0.4, 0.5) is 17.2 Å². The molecule has 158 valence electrons. The summed E-state index contributed by atoms with van der Waals surface area (Å²) in [6.07, 6.45) is 4.43. The summed E-state index contributed by atoms with van der Waals surface area (Å²) in [5, 5.41) is 4.73. The molecule has 2 aromatic carbocycles. The first-order chi connectivity index (χ1) is 15.0. The number of morpholine rings is 1. The lowest BCUT2D eigenvalue weighted by Gasteiger charge is -2.37. The molecule has 5 nitrogen and oxygen atoms in total. The van der Waals surface area contributed by atoms with Crippen LogP contribution in [-0.4, -0.2) is 34.8 Å². The summed E-state index contributed by atoms with van der Waals surface area (Å²) < 4.78 is 8.02. The molecule has 5 heteroatoms. The number of nitrogens with zero attached hydrogens (tertiary/aromatic N) is 3. The number of ether oxygens (including phenoxy) is 1. The van der Waals surface area contributed by atoms with E-state index in [0.717, 1.165) is 30.2 Å². The molecule has 0 spiro atoms. The number of aromatic nitrogens is 2. The van der Waals surface area contributed by atoms with Crippen LogP contribution in [0.25, 0.3) is 22.0 Å². The minimum absolute atomic E-state index is 0.237. The van der Waals surface area contributed by atoms with E-state index in [1.54, 1.807) is 0 Å². The van der Waals surface area contributed by atoms with E-state index in [-0.39, 0.29) is 12.2 Å². The highest BCUT2D eigenvalue weighted by Crippen LogP contribution is 2.28. The first-order valence-corrected chi connectivity index (χ1v) is 10.8. The fraction of sp³-hybridized carbons (Fsp3) is 0.269. The van der Waals surface area contributed by atoms with E-state index in [9.17, 15) is 0 Å². The standard InChI is InChI=1S/C26H28N4O/c1-18-16-30(17-19(2)31-18)24-6-4-5-23(15-24)28-26-14-21(9-11-27-26)20-7-8-25-22(13-20)10-12-29(25)3/h4-15,18-19H,16-17H2,1-3H3,(H,27,28)/t18-,19+. The van der Waals surface area contributed by atoms with Gasteiger partial charge in [-0.1, -0.05) is 12.1 Å². The molecule has 1 fully saturated rings. The van der Waals surface area contributed by atoms with Crippen molar-refractivity contribution in [2.45, 2.75) is 26.1 Å². The number of pyridine rings is 1. The van der Waals surface area contributed by atoms with Gasteiger partial charge in [-0.05, 0) is 73.5 Å². The second-order valence-electron chi connectivity index (χ2n) is 8.47. The normalized spacial score (nSPS) is 19.0. The summed E-state index contributed by atoms with van der Waals surface area (Å²) in [7, 11) is 2.07. The molecular weight excluding hydrogens is 384 g/mol. The van der Waals surface area contributed by atoms with Crippen LogP contribution in [0.5, 0.6) is 0 Å². The summed E-state index contributed by atoms with van der Waals surface area (Å²) in [5.74, 6) is 0.839. The minimum Gasteiger partial charge on any atom is -0.372 e. The first kappa shape index (κ1) is 19.6. The first-order valence-electron chi connectivity index (χ1n) is 10.8. The van der Waals surface area contributed by atoms with E-state index in [1.165, 1.54) is 22.2 Å². The number of fused-ring (bicyclic) bond motifs is 1. The summed E-state index contributed by atoms with van der Waals surface area (Å²) in [5.41, 5.74) is 5.81. The number of benzene rings is 2. The van der Waals surface area contributed by atoms with E-state index >= 15 is 0 Å². The predicted octanol–water partition coefficient (Wildman–Crippen LogP) is 5.60. The maximum atomic E-state index is 5.88. The lowest BCUT2D eigenvalue weighted by molar-refractivity contribution is -0.00521. The summed E-state index contributed by atoms with van der Waals surface area (Å²) in [6.45, 7) is 6.08. The van der Waals surface area contributed by atoms with Crippen LogP contribution in [0.3, 0.4) is 0 Å². The highest BCUT2D eigenvalue weighted by atomic mass is 16.5. The quantitative estimate of drug-likeness (QED) is 0.474. The van der Waals surface area contributed by atoms with Gasteiger partial charge in [-0.25, -0.2) is 4.98 Å². The van der Waals surface area contributed by atoms with Gasteiger partial charge in [0.2, 0.25) is 0 Å². The maximum absolute atomic E-state index is 5.88. The molecule has 0 amide bonds. The molecule has 0 bridgehead atoms. The molecule has 1 aliphatic heterocycles. The van der Waals surface area contributed by atoms with Gasteiger partial charge in [0, 0.05) is 54.8 Å². The number of hydrogen-bond donors (Lipinski definition) is 1. The Bertz CT molecular complexity index is 1200. The third-order valence-electron chi connectivity index (χ3n) is 5.88. The highest BCUT2D eigenvalue weighted by Gasteiger charge is 2.22. The van der Waals surface area contributed by atoms with Crippen LogP contribution in [0.15, 0.2) is 73.1 Å². The number of rotatable bonds is 4. The number of anilines is 3. The zero-order valence-corrected chi connectivity index (χ0v) is 18.2. The molecular formula is C26H28N4O. The van der Waals surface area contributed by atoms with Crippen molar-refractivity contribution in [3.8, 4) is 11.1 Å². The molecule has 5 rings (SSSR count).